The zero-order chi connectivity index (χ0) is 27.3. The molecule has 0 aliphatic carbocycles. The molecule has 202 valence electrons. The van der Waals surface area contributed by atoms with Gasteiger partial charge in [-0.3, -0.25) is 4.79 Å². The Morgan fingerprint density at radius 1 is 0.875 bits per heavy atom. The summed E-state index contributed by atoms with van der Waals surface area (Å²) in [5.41, 5.74) is 4.41. The Morgan fingerprint density at radius 2 is 1.60 bits per heavy atom. The highest BCUT2D eigenvalue weighted by atomic mass is 19.1. The second-order valence-corrected chi connectivity index (χ2v) is 10.2. The summed E-state index contributed by atoms with van der Waals surface area (Å²) in [5, 5.41) is 4.21. The van der Waals surface area contributed by atoms with Crippen LogP contribution in [0.3, 0.4) is 0 Å². The topological polar surface area (TPSA) is 52.5 Å². The number of amides is 1. The summed E-state index contributed by atoms with van der Waals surface area (Å²) in [6.45, 7) is 1.38. The lowest BCUT2D eigenvalue weighted by molar-refractivity contribution is -0.122. The van der Waals surface area contributed by atoms with Crippen molar-refractivity contribution in [2.24, 2.45) is 0 Å². The number of nitrogens with one attached hydrogen (secondary N) is 1. The Morgan fingerprint density at radius 3 is 2.42 bits per heavy atom. The molecule has 5 aromatic rings. The number of para-hydroxylation sites is 3. The van der Waals surface area contributed by atoms with Crippen LogP contribution in [0, 0.1) is 5.82 Å². The molecule has 2 heterocycles. The number of hydrogen-bond acceptors (Lipinski definition) is 3. The number of ether oxygens (including phenoxy) is 2. The van der Waals surface area contributed by atoms with Crippen molar-refractivity contribution in [1.82, 2.24) is 9.88 Å². The molecule has 1 aliphatic heterocycles. The third-order valence-corrected chi connectivity index (χ3v) is 7.38. The second kappa shape index (κ2) is 11.7. The number of aromatic nitrogens is 1. The maximum absolute atomic E-state index is 13.5. The van der Waals surface area contributed by atoms with Gasteiger partial charge in [0, 0.05) is 30.1 Å². The van der Waals surface area contributed by atoms with E-state index in [4.69, 9.17) is 9.47 Å². The van der Waals surface area contributed by atoms with Gasteiger partial charge in [0.2, 0.25) is 5.91 Å². The molecule has 0 spiro atoms. The van der Waals surface area contributed by atoms with Crippen LogP contribution in [0.5, 0.6) is 11.5 Å². The van der Waals surface area contributed by atoms with E-state index in [2.05, 4.69) is 40.3 Å². The Labute approximate surface area is 233 Å². The first-order chi connectivity index (χ1) is 19.6. The number of carbonyl (C=O) groups excluding carboxylic acids is 1. The zero-order valence-electron chi connectivity index (χ0n) is 22.1. The lowest BCUT2D eigenvalue weighted by Gasteiger charge is -2.26. The Bertz CT molecular complexity index is 1600. The van der Waals surface area contributed by atoms with E-state index in [-0.39, 0.29) is 23.7 Å². The fourth-order valence-electron chi connectivity index (χ4n) is 5.40. The number of hydrogen-bond donors (Lipinski definition) is 1. The van der Waals surface area contributed by atoms with Gasteiger partial charge in [-0.25, -0.2) is 4.39 Å². The first-order valence-corrected chi connectivity index (χ1v) is 13.6. The molecule has 5 nitrogen and oxygen atoms in total. The van der Waals surface area contributed by atoms with Crippen molar-refractivity contribution in [3.05, 3.63) is 132 Å². The summed E-state index contributed by atoms with van der Waals surface area (Å²) in [7, 11) is 0. The van der Waals surface area contributed by atoms with Crippen LogP contribution in [-0.2, 0) is 17.8 Å². The van der Waals surface area contributed by atoms with Crippen molar-refractivity contribution in [1.29, 1.82) is 0 Å². The molecule has 6 heteroatoms. The smallest absolute Gasteiger partial charge is 0.220 e. The van der Waals surface area contributed by atoms with Gasteiger partial charge in [-0.15, -0.1) is 0 Å². The van der Waals surface area contributed by atoms with Gasteiger partial charge in [0.25, 0.3) is 0 Å². The first-order valence-electron chi connectivity index (χ1n) is 13.6. The van der Waals surface area contributed by atoms with Crippen LogP contribution < -0.4 is 14.8 Å². The highest BCUT2D eigenvalue weighted by Crippen LogP contribution is 2.34. The van der Waals surface area contributed by atoms with E-state index in [0.717, 1.165) is 34.2 Å². The number of halogens is 1. The number of carbonyl (C=O) groups is 1. The Kier molecular flexibility index (Phi) is 7.49. The fraction of sp³-hybridized carbons (Fsp3) is 0.206. The van der Waals surface area contributed by atoms with Crippen LogP contribution in [0.2, 0.25) is 0 Å². The predicted molar refractivity (Wildman–Crippen MR) is 154 cm³/mol. The predicted octanol–water partition coefficient (Wildman–Crippen LogP) is 6.50. The molecule has 0 saturated heterocycles. The Hall–Kier alpha value is -4.58. The molecule has 6 rings (SSSR count). The Balaban J connectivity index is 1.23. The van der Waals surface area contributed by atoms with E-state index >= 15 is 0 Å². The van der Waals surface area contributed by atoms with Crippen LogP contribution in [0.15, 0.2) is 109 Å². The molecule has 40 heavy (non-hydrogen) atoms. The molecule has 1 aliphatic rings. The normalized spacial score (nSPS) is 15.1. The van der Waals surface area contributed by atoms with Gasteiger partial charge < -0.3 is 19.4 Å². The highest BCUT2D eigenvalue weighted by molar-refractivity contribution is 5.86. The molecule has 0 unspecified atom stereocenters. The van der Waals surface area contributed by atoms with Crippen molar-refractivity contribution in [3.63, 3.8) is 0 Å². The average Bonchev–Trinajstić information content (AvgIpc) is 3.35. The quantitative estimate of drug-likeness (QED) is 0.235. The first kappa shape index (κ1) is 25.7. The minimum atomic E-state index is -0.246. The summed E-state index contributed by atoms with van der Waals surface area (Å²) in [5.74, 6) is 1.11. The summed E-state index contributed by atoms with van der Waals surface area (Å²) in [6.07, 6.45) is 2.98. The van der Waals surface area contributed by atoms with Crippen LogP contribution in [0.25, 0.3) is 10.9 Å². The molecule has 1 aromatic heterocycles. The number of benzene rings is 4. The van der Waals surface area contributed by atoms with Crippen LogP contribution in [0.1, 0.15) is 29.0 Å². The molecule has 4 aromatic carbocycles. The second-order valence-electron chi connectivity index (χ2n) is 10.2. The van der Waals surface area contributed by atoms with E-state index in [9.17, 15) is 9.18 Å². The van der Waals surface area contributed by atoms with E-state index in [1.807, 2.05) is 66.7 Å². The lowest BCUT2D eigenvalue weighted by Crippen LogP contribution is -2.41. The van der Waals surface area contributed by atoms with Crippen molar-refractivity contribution in [3.8, 4) is 11.5 Å². The molecule has 0 bridgehead atoms. The third kappa shape index (κ3) is 5.86. The van der Waals surface area contributed by atoms with Crippen molar-refractivity contribution >= 4 is 16.8 Å². The fourth-order valence-corrected chi connectivity index (χ4v) is 5.40. The van der Waals surface area contributed by atoms with Crippen LogP contribution >= 0.6 is 0 Å². The summed E-state index contributed by atoms with van der Waals surface area (Å²) in [6, 6.07) is 32.7. The maximum Gasteiger partial charge on any atom is 0.220 e. The molecular weight excluding hydrogens is 503 g/mol. The molecule has 0 saturated carbocycles. The molecule has 0 radical (unpaired) electrons. The van der Waals surface area contributed by atoms with Gasteiger partial charge >= 0.3 is 0 Å². The molecule has 0 fully saturated rings. The number of nitrogens with zero attached hydrogens (tertiary/aromatic N) is 1. The van der Waals surface area contributed by atoms with Gasteiger partial charge in [0.05, 0.1) is 6.54 Å². The number of rotatable bonds is 9. The summed E-state index contributed by atoms with van der Waals surface area (Å²) >= 11 is 0. The van der Waals surface area contributed by atoms with E-state index in [1.165, 1.54) is 17.7 Å². The molecule has 2 atom stereocenters. The van der Waals surface area contributed by atoms with Crippen molar-refractivity contribution in [2.75, 3.05) is 13.2 Å². The van der Waals surface area contributed by atoms with Gasteiger partial charge in [-0.05, 0) is 59.4 Å². The van der Waals surface area contributed by atoms with Gasteiger partial charge in [-0.2, -0.15) is 0 Å². The van der Waals surface area contributed by atoms with Gasteiger partial charge in [0.15, 0.2) is 11.5 Å². The largest absolute Gasteiger partial charge is 0.486 e. The maximum atomic E-state index is 13.5. The SMILES string of the molecule is O=C(C[C@H](Cc1ccccc1)c1cn(Cc2ccc(F)cc2)c2ccccc12)NC[C@@H]1COc2ccccc2O1. The molecule has 1 amide bonds. The van der Waals surface area contributed by atoms with Crippen LogP contribution in [-0.4, -0.2) is 29.7 Å². The lowest BCUT2D eigenvalue weighted by atomic mass is 9.88. The standard InChI is InChI=1S/C34H31FN2O3/c35-27-16-14-25(15-17-27)21-37-22-30(29-10-4-5-11-31(29)37)26(18-24-8-2-1-3-9-24)19-34(38)36-20-28-23-39-32-12-6-7-13-33(32)40-28/h1-17,22,26,28H,18-21,23H2,(H,36,38)/t26-,28+/m0/s1. The van der Waals surface area contributed by atoms with E-state index < -0.39 is 0 Å². The summed E-state index contributed by atoms with van der Waals surface area (Å²) in [4.78, 5) is 13.3. The molecular formula is C34H31FN2O3. The van der Waals surface area contributed by atoms with Gasteiger partial charge in [0.1, 0.15) is 18.5 Å². The van der Waals surface area contributed by atoms with Gasteiger partial charge in [-0.1, -0.05) is 72.8 Å². The number of fused-ring (bicyclic) bond motifs is 2. The van der Waals surface area contributed by atoms with Crippen molar-refractivity contribution in [2.45, 2.75) is 31.4 Å². The van der Waals surface area contributed by atoms with Crippen molar-refractivity contribution < 1.29 is 18.7 Å². The summed E-state index contributed by atoms with van der Waals surface area (Å²) < 4.78 is 27.5. The minimum Gasteiger partial charge on any atom is -0.486 e. The van der Waals surface area contributed by atoms with E-state index in [1.54, 1.807) is 0 Å². The van der Waals surface area contributed by atoms with Crippen LogP contribution in [0.4, 0.5) is 4.39 Å². The monoisotopic (exact) mass is 534 g/mol. The zero-order valence-corrected chi connectivity index (χ0v) is 22.1. The molecule has 1 N–H and O–H groups in total. The average molecular weight is 535 g/mol. The highest BCUT2D eigenvalue weighted by Gasteiger charge is 2.24. The third-order valence-electron chi connectivity index (χ3n) is 7.38. The minimum absolute atomic E-state index is 0.0289. The van der Waals surface area contributed by atoms with E-state index in [0.29, 0.717) is 31.9 Å².